The summed E-state index contributed by atoms with van der Waals surface area (Å²) in [5.41, 5.74) is 0.798. The van der Waals surface area contributed by atoms with Crippen molar-refractivity contribution in [3.05, 3.63) is 11.1 Å². The van der Waals surface area contributed by atoms with Crippen LogP contribution < -0.4 is 5.32 Å². The summed E-state index contributed by atoms with van der Waals surface area (Å²) in [4.78, 5) is 14.7. The van der Waals surface area contributed by atoms with Gasteiger partial charge in [-0.3, -0.25) is 0 Å². The van der Waals surface area contributed by atoms with E-state index in [1.807, 2.05) is 0 Å². The maximum atomic E-state index is 10.7. The van der Waals surface area contributed by atoms with E-state index in [4.69, 9.17) is 5.11 Å². The van der Waals surface area contributed by atoms with Gasteiger partial charge in [-0.25, -0.2) is 9.78 Å². The van der Waals surface area contributed by atoms with Gasteiger partial charge in [0.1, 0.15) is 0 Å². The second-order valence-electron chi connectivity index (χ2n) is 5.72. The number of rotatable bonds is 4. The first kappa shape index (κ1) is 12.4. The summed E-state index contributed by atoms with van der Waals surface area (Å²) in [5.74, 6) is -0.367. The molecule has 4 nitrogen and oxygen atoms in total. The van der Waals surface area contributed by atoms with Crippen molar-refractivity contribution in [2.24, 2.45) is 16.7 Å². The number of carboxylic acids is 1. The molecule has 5 heteroatoms. The molecule has 1 fully saturated rings. The lowest BCUT2D eigenvalue weighted by Crippen LogP contribution is -2.08. The third-order valence-electron chi connectivity index (χ3n) is 4.50. The number of nitrogens with zero attached hydrogens (tertiary/aromatic N) is 1. The SMILES string of the molecule is CC1(C)C(CNc2nc(C(=O)O)cs2)C1(C)C. The number of hydrogen-bond acceptors (Lipinski definition) is 4. The van der Waals surface area contributed by atoms with Gasteiger partial charge >= 0.3 is 5.97 Å². The Morgan fingerprint density at radius 3 is 2.47 bits per heavy atom. The smallest absolute Gasteiger partial charge is 0.355 e. The monoisotopic (exact) mass is 254 g/mol. The first-order chi connectivity index (χ1) is 7.76. The molecule has 0 radical (unpaired) electrons. The second-order valence-corrected chi connectivity index (χ2v) is 6.58. The van der Waals surface area contributed by atoms with Crippen LogP contribution in [-0.2, 0) is 0 Å². The minimum atomic E-state index is -0.971. The van der Waals surface area contributed by atoms with E-state index >= 15 is 0 Å². The number of anilines is 1. The van der Waals surface area contributed by atoms with Gasteiger partial charge in [0.05, 0.1) is 0 Å². The van der Waals surface area contributed by atoms with E-state index in [9.17, 15) is 4.79 Å². The molecule has 0 atom stereocenters. The number of aromatic nitrogens is 1. The molecule has 1 aliphatic rings. The molecule has 0 saturated heterocycles. The van der Waals surface area contributed by atoms with Gasteiger partial charge < -0.3 is 10.4 Å². The Morgan fingerprint density at radius 1 is 1.47 bits per heavy atom. The molecule has 0 amide bonds. The molecule has 2 rings (SSSR count). The molecule has 2 N–H and O–H groups in total. The average Bonchev–Trinajstić information content (AvgIpc) is 2.58. The molecule has 1 saturated carbocycles. The molecular weight excluding hydrogens is 236 g/mol. The van der Waals surface area contributed by atoms with Crippen molar-refractivity contribution >= 4 is 22.4 Å². The van der Waals surface area contributed by atoms with Gasteiger partial charge in [0.25, 0.3) is 0 Å². The van der Waals surface area contributed by atoms with Crippen molar-refractivity contribution in [3.63, 3.8) is 0 Å². The van der Waals surface area contributed by atoms with Crippen LogP contribution in [0.5, 0.6) is 0 Å². The molecule has 1 aromatic rings. The number of thiazole rings is 1. The number of carboxylic acid groups (broad SMARTS) is 1. The normalized spacial score (nSPS) is 21.2. The Hall–Kier alpha value is -1.10. The van der Waals surface area contributed by atoms with Crippen LogP contribution in [0.25, 0.3) is 0 Å². The maximum absolute atomic E-state index is 10.7. The molecule has 0 aromatic carbocycles. The minimum absolute atomic E-state index is 0.117. The zero-order valence-corrected chi connectivity index (χ0v) is 11.4. The zero-order chi connectivity index (χ0) is 12.8. The highest BCUT2D eigenvalue weighted by Crippen LogP contribution is 2.68. The summed E-state index contributed by atoms with van der Waals surface area (Å²) in [6.07, 6.45) is 0. The molecule has 0 bridgehead atoms. The van der Waals surface area contributed by atoms with E-state index in [1.165, 1.54) is 11.3 Å². The van der Waals surface area contributed by atoms with Gasteiger partial charge in [-0.2, -0.15) is 0 Å². The first-order valence-corrected chi connectivity index (χ1v) is 6.57. The van der Waals surface area contributed by atoms with Crippen LogP contribution in [-0.4, -0.2) is 22.6 Å². The molecule has 0 aliphatic heterocycles. The van der Waals surface area contributed by atoms with Crippen molar-refractivity contribution in [2.75, 3.05) is 11.9 Å². The van der Waals surface area contributed by atoms with Gasteiger partial charge in [-0.15, -0.1) is 11.3 Å². The number of carbonyl (C=O) groups is 1. The van der Waals surface area contributed by atoms with Crippen molar-refractivity contribution in [3.8, 4) is 0 Å². The van der Waals surface area contributed by atoms with E-state index in [-0.39, 0.29) is 5.69 Å². The van der Waals surface area contributed by atoms with Crippen LogP contribution in [0.4, 0.5) is 5.13 Å². The van der Waals surface area contributed by atoms with E-state index in [0.717, 1.165) is 6.54 Å². The Morgan fingerprint density at radius 2 is 2.06 bits per heavy atom. The van der Waals surface area contributed by atoms with Crippen molar-refractivity contribution in [2.45, 2.75) is 27.7 Å². The number of hydrogen-bond donors (Lipinski definition) is 2. The third-order valence-corrected chi connectivity index (χ3v) is 5.30. The molecule has 94 valence electrons. The summed E-state index contributed by atoms with van der Waals surface area (Å²) >= 11 is 1.34. The summed E-state index contributed by atoms with van der Waals surface area (Å²) < 4.78 is 0. The molecule has 17 heavy (non-hydrogen) atoms. The highest BCUT2D eigenvalue weighted by molar-refractivity contribution is 7.13. The van der Waals surface area contributed by atoms with E-state index in [2.05, 4.69) is 38.0 Å². The van der Waals surface area contributed by atoms with Crippen molar-refractivity contribution in [1.82, 2.24) is 4.98 Å². The second kappa shape index (κ2) is 3.70. The van der Waals surface area contributed by atoms with Crippen LogP contribution in [0.3, 0.4) is 0 Å². The lowest BCUT2D eigenvalue weighted by atomic mass is 10.0. The fraction of sp³-hybridized carbons (Fsp3) is 0.667. The summed E-state index contributed by atoms with van der Waals surface area (Å²) in [7, 11) is 0. The average molecular weight is 254 g/mol. The predicted octanol–water partition coefficient (Wildman–Crippen LogP) is 2.94. The van der Waals surface area contributed by atoms with E-state index in [0.29, 0.717) is 21.9 Å². The quantitative estimate of drug-likeness (QED) is 0.867. The Labute approximate surface area is 105 Å². The highest BCUT2D eigenvalue weighted by Gasteiger charge is 2.64. The fourth-order valence-electron chi connectivity index (χ4n) is 2.49. The van der Waals surface area contributed by atoms with Crippen LogP contribution in [0.15, 0.2) is 5.38 Å². The van der Waals surface area contributed by atoms with E-state index in [1.54, 1.807) is 5.38 Å². The van der Waals surface area contributed by atoms with Gasteiger partial charge in [-0.1, -0.05) is 27.7 Å². The summed E-state index contributed by atoms with van der Waals surface area (Å²) in [5, 5.41) is 14.3. The van der Waals surface area contributed by atoms with Crippen molar-refractivity contribution < 1.29 is 9.90 Å². The van der Waals surface area contributed by atoms with Crippen LogP contribution in [0, 0.1) is 16.7 Å². The Kier molecular flexibility index (Phi) is 2.69. The Balaban J connectivity index is 1.93. The minimum Gasteiger partial charge on any atom is -0.476 e. The lowest BCUT2D eigenvalue weighted by Gasteiger charge is -2.04. The van der Waals surface area contributed by atoms with Gasteiger partial charge in [0.15, 0.2) is 10.8 Å². The van der Waals surface area contributed by atoms with Crippen LogP contribution in [0.2, 0.25) is 0 Å². The first-order valence-electron chi connectivity index (χ1n) is 5.69. The molecule has 0 spiro atoms. The topological polar surface area (TPSA) is 62.2 Å². The molecule has 1 aliphatic carbocycles. The summed E-state index contributed by atoms with van der Waals surface area (Å²) in [6, 6.07) is 0. The van der Waals surface area contributed by atoms with Crippen LogP contribution in [0.1, 0.15) is 38.2 Å². The van der Waals surface area contributed by atoms with E-state index < -0.39 is 5.97 Å². The lowest BCUT2D eigenvalue weighted by molar-refractivity contribution is 0.0691. The molecular formula is C12H18N2O2S. The van der Waals surface area contributed by atoms with Gasteiger partial charge in [-0.05, 0) is 16.7 Å². The number of nitrogens with one attached hydrogen (secondary N) is 1. The van der Waals surface area contributed by atoms with Gasteiger partial charge in [0, 0.05) is 11.9 Å². The number of aromatic carboxylic acids is 1. The van der Waals surface area contributed by atoms with Crippen molar-refractivity contribution in [1.29, 1.82) is 0 Å². The largest absolute Gasteiger partial charge is 0.476 e. The van der Waals surface area contributed by atoms with Crippen LogP contribution >= 0.6 is 11.3 Å². The maximum Gasteiger partial charge on any atom is 0.355 e. The molecule has 1 heterocycles. The van der Waals surface area contributed by atoms with Gasteiger partial charge in [0.2, 0.25) is 0 Å². The highest BCUT2D eigenvalue weighted by atomic mass is 32.1. The molecule has 0 unspecified atom stereocenters. The summed E-state index contributed by atoms with van der Waals surface area (Å²) in [6.45, 7) is 9.92. The zero-order valence-electron chi connectivity index (χ0n) is 10.6. The molecule has 1 aromatic heterocycles. The Bertz CT molecular complexity index is 437. The fourth-order valence-corrected chi connectivity index (χ4v) is 3.18. The third kappa shape index (κ3) is 1.92. The standard InChI is InChI=1S/C12H18N2O2S/c1-11(2)8(12(11,3)4)5-13-10-14-7(6-17-10)9(15)16/h6,8H,5H2,1-4H3,(H,13,14)(H,15,16). The predicted molar refractivity (Wildman–Crippen MR) is 68.6 cm³/mol.